The first-order valence-corrected chi connectivity index (χ1v) is 7.33. The Hall–Kier alpha value is -1.16. The minimum absolute atomic E-state index is 0.368. The molecular formula is C14H13Cl3N2O. The fourth-order valence-corrected chi connectivity index (χ4v) is 2.34. The van der Waals surface area contributed by atoms with Gasteiger partial charge < -0.3 is 10.1 Å². The highest BCUT2D eigenvalue weighted by molar-refractivity contribution is 6.36. The zero-order chi connectivity index (χ0) is 14.5. The molecule has 0 bridgehead atoms. The van der Waals surface area contributed by atoms with E-state index in [9.17, 15) is 0 Å². The fraction of sp³-hybridized carbons (Fsp3) is 0.214. The molecule has 0 aliphatic heterocycles. The molecule has 0 atom stereocenters. The predicted molar refractivity (Wildman–Crippen MR) is 84.7 cm³/mol. The van der Waals surface area contributed by atoms with Crippen LogP contribution in [-0.2, 0) is 5.88 Å². The standard InChI is InChI=1S/C14H13Cl3N2O/c1-2-20-13-4-3-11(5-9(13)7-15)19-14-12(17)6-10(16)8-18-14/h3-6,8H,2,7H2,1H3,(H,18,19). The normalized spacial score (nSPS) is 10.4. The second-order valence-electron chi connectivity index (χ2n) is 4.00. The number of hydrogen-bond acceptors (Lipinski definition) is 3. The van der Waals surface area contributed by atoms with E-state index in [1.807, 2.05) is 25.1 Å². The van der Waals surface area contributed by atoms with Crippen molar-refractivity contribution in [3.63, 3.8) is 0 Å². The van der Waals surface area contributed by atoms with Crippen LogP contribution in [0.4, 0.5) is 11.5 Å². The number of hydrogen-bond donors (Lipinski definition) is 1. The van der Waals surface area contributed by atoms with Gasteiger partial charge in [0.15, 0.2) is 0 Å². The van der Waals surface area contributed by atoms with Gasteiger partial charge in [-0.1, -0.05) is 23.2 Å². The molecule has 0 amide bonds. The van der Waals surface area contributed by atoms with Crippen molar-refractivity contribution in [2.45, 2.75) is 12.8 Å². The summed E-state index contributed by atoms with van der Waals surface area (Å²) in [6.07, 6.45) is 1.53. The number of rotatable bonds is 5. The maximum atomic E-state index is 6.07. The Morgan fingerprint density at radius 1 is 1.25 bits per heavy atom. The number of nitrogens with zero attached hydrogens (tertiary/aromatic N) is 1. The fourth-order valence-electron chi connectivity index (χ4n) is 1.70. The van der Waals surface area contributed by atoms with Crippen LogP contribution >= 0.6 is 34.8 Å². The van der Waals surface area contributed by atoms with E-state index in [1.54, 1.807) is 6.07 Å². The molecule has 0 saturated carbocycles. The summed E-state index contributed by atoms with van der Waals surface area (Å²) in [6.45, 7) is 2.53. The molecule has 1 aromatic carbocycles. The van der Waals surface area contributed by atoms with Crippen molar-refractivity contribution in [1.29, 1.82) is 0 Å². The summed E-state index contributed by atoms with van der Waals surface area (Å²) >= 11 is 17.8. The molecule has 20 heavy (non-hydrogen) atoms. The second kappa shape index (κ2) is 7.02. The van der Waals surface area contributed by atoms with Gasteiger partial charge in [-0.2, -0.15) is 0 Å². The highest BCUT2D eigenvalue weighted by atomic mass is 35.5. The van der Waals surface area contributed by atoms with Gasteiger partial charge in [-0.25, -0.2) is 4.98 Å². The number of ether oxygens (including phenoxy) is 1. The SMILES string of the molecule is CCOc1ccc(Nc2ncc(Cl)cc2Cl)cc1CCl. The monoisotopic (exact) mass is 330 g/mol. The topological polar surface area (TPSA) is 34.1 Å². The minimum Gasteiger partial charge on any atom is -0.494 e. The van der Waals surface area contributed by atoms with Gasteiger partial charge in [0.25, 0.3) is 0 Å². The first-order valence-electron chi connectivity index (χ1n) is 6.03. The number of anilines is 2. The molecule has 0 saturated heterocycles. The zero-order valence-electron chi connectivity index (χ0n) is 10.8. The maximum Gasteiger partial charge on any atom is 0.149 e. The quantitative estimate of drug-likeness (QED) is 0.758. The summed E-state index contributed by atoms with van der Waals surface area (Å²) in [4.78, 5) is 4.15. The lowest BCUT2D eigenvalue weighted by atomic mass is 10.2. The van der Waals surface area contributed by atoms with Crippen molar-refractivity contribution in [2.24, 2.45) is 0 Å². The molecule has 1 aromatic heterocycles. The van der Waals surface area contributed by atoms with Crippen LogP contribution in [0.3, 0.4) is 0 Å². The summed E-state index contributed by atoms with van der Waals surface area (Å²) in [5, 5.41) is 4.08. The largest absolute Gasteiger partial charge is 0.494 e. The van der Waals surface area contributed by atoms with Gasteiger partial charge in [0.1, 0.15) is 11.6 Å². The van der Waals surface area contributed by atoms with Crippen LogP contribution in [0, 0.1) is 0 Å². The zero-order valence-corrected chi connectivity index (χ0v) is 13.1. The molecule has 0 spiro atoms. The third kappa shape index (κ3) is 3.69. The van der Waals surface area contributed by atoms with E-state index < -0.39 is 0 Å². The number of alkyl halides is 1. The smallest absolute Gasteiger partial charge is 0.149 e. The molecule has 2 aromatic rings. The van der Waals surface area contributed by atoms with E-state index in [-0.39, 0.29) is 0 Å². The molecule has 0 aliphatic rings. The minimum atomic E-state index is 0.368. The van der Waals surface area contributed by atoms with Crippen molar-refractivity contribution >= 4 is 46.3 Å². The molecule has 0 fully saturated rings. The van der Waals surface area contributed by atoms with E-state index in [2.05, 4.69) is 10.3 Å². The number of benzene rings is 1. The molecule has 0 radical (unpaired) electrons. The van der Waals surface area contributed by atoms with Crippen molar-refractivity contribution < 1.29 is 4.74 Å². The average molecular weight is 332 g/mol. The van der Waals surface area contributed by atoms with E-state index in [0.717, 1.165) is 17.0 Å². The van der Waals surface area contributed by atoms with Gasteiger partial charge in [-0.3, -0.25) is 0 Å². The Labute approximate surface area is 132 Å². The van der Waals surface area contributed by atoms with Gasteiger partial charge in [0.05, 0.1) is 22.5 Å². The van der Waals surface area contributed by atoms with E-state index in [1.165, 1.54) is 6.20 Å². The van der Waals surface area contributed by atoms with Crippen LogP contribution in [0.15, 0.2) is 30.5 Å². The second-order valence-corrected chi connectivity index (χ2v) is 5.11. The Morgan fingerprint density at radius 2 is 2.05 bits per heavy atom. The van der Waals surface area contributed by atoms with Crippen LogP contribution in [0.25, 0.3) is 0 Å². The number of aromatic nitrogens is 1. The third-order valence-electron chi connectivity index (χ3n) is 2.57. The van der Waals surface area contributed by atoms with Crippen molar-refractivity contribution in [3.05, 3.63) is 46.1 Å². The molecule has 0 unspecified atom stereocenters. The van der Waals surface area contributed by atoms with Crippen molar-refractivity contribution in [1.82, 2.24) is 4.98 Å². The van der Waals surface area contributed by atoms with Gasteiger partial charge in [-0.15, -0.1) is 11.6 Å². The van der Waals surface area contributed by atoms with Gasteiger partial charge >= 0.3 is 0 Å². The molecule has 6 heteroatoms. The Morgan fingerprint density at radius 3 is 2.70 bits per heavy atom. The molecule has 2 rings (SSSR count). The average Bonchev–Trinajstić information content (AvgIpc) is 2.43. The number of halogens is 3. The summed E-state index contributed by atoms with van der Waals surface area (Å²) in [5.41, 5.74) is 1.74. The summed E-state index contributed by atoms with van der Waals surface area (Å²) in [5.74, 6) is 1.69. The van der Waals surface area contributed by atoms with Crippen LogP contribution in [0.5, 0.6) is 5.75 Å². The van der Waals surface area contributed by atoms with Crippen LogP contribution in [0.1, 0.15) is 12.5 Å². The maximum absolute atomic E-state index is 6.07. The summed E-state index contributed by atoms with van der Waals surface area (Å²) < 4.78 is 5.50. The lowest BCUT2D eigenvalue weighted by Crippen LogP contribution is -1.98. The molecule has 1 N–H and O–H groups in total. The van der Waals surface area contributed by atoms with Gasteiger partial charge in [0.2, 0.25) is 0 Å². The summed E-state index contributed by atoms with van der Waals surface area (Å²) in [7, 11) is 0. The Bertz CT molecular complexity index is 605. The first kappa shape index (κ1) is 15.2. The number of nitrogens with one attached hydrogen (secondary N) is 1. The van der Waals surface area contributed by atoms with Crippen LogP contribution in [-0.4, -0.2) is 11.6 Å². The molecule has 106 valence electrons. The molecular weight excluding hydrogens is 319 g/mol. The van der Waals surface area contributed by atoms with Crippen molar-refractivity contribution in [2.75, 3.05) is 11.9 Å². The van der Waals surface area contributed by atoms with E-state index in [4.69, 9.17) is 39.5 Å². The molecule has 1 heterocycles. The van der Waals surface area contributed by atoms with Crippen molar-refractivity contribution in [3.8, 4) is 5.75 Å². The lowest BCUT2D eigenvalue weighted by molar-refractivity contribution is 0.337. The molecule has 3 nitrogen and oxygen atoms in total. The third-order valence-corrected chi connectivity index (χ3v) is 3.36. The highest BCUT2D eigenvalue weighted by Crippen LogP contribution is 2.29. The molecule has 0 aliphatic carbocycles. The Kier molecular flexibility index (Phi) is 5.35. The lowest BCUT2D eigenvalue weighted by Gasteiger charge is -2.12. The highest BCUT2D eigenvalue weighted by Gasteiger charge is 2.07. The van der Waals surface area contributed by atoms with Crippen LogP contribution in [0.2, 0.25) is 10.0 Å². The van der Waals surface area contributed by atoms with E-state index >= 15 is 0 Å². The van der Waals surface area contributed by atoms with Gasteiger partial charge in [0, 0.05) is 17.4 Å². The first-order chi connectivity index (χ1) is 9.63. The Balaban J connectivity index is 2.25. The number of pyridine rings is 1. The predicted octanol–water partition coefficient (Wildman–Crippen LogP) is 5.27. The van der Waals surface area contributed by atoms with E-state index in [0.29, 0.717) is 28.4 Å². The summed E-state index contributed by atoms with van der Waals surface area (Å²) in [6, 6.07) is 7.29. The van der Waals surface area contributed by atoms with Crippen LogP contribution < -0.4 is 10.1 Å². The van der Waals surface area contributed by atoms with Gasteiger partial charge in [-0.05, 0) is 31.2 Å².